The molecule has 1 aromatic carbocycles. The van der Waals surface area contributed by atoms with Crippen molar-refractivity contribution in [2.75, 3.05) is 19.4 Å². The van der Waals surface area contributed by atoms with E-state index in [2.05, 4.69) is 11.8 Å². The molecule has 1 heterocycles. The Bertz CT molecular complexity index is 568. The average Bonchev–Trinajstić information content (AvgIpc) is 2.93. The van der Waals surface area contributed by atoms with Gasteiger partial charge in [-0.05, 0) is 37.1 Å². The van der Waals surface area contributed by atoms with E-state index in [1.807, 2.05) is 38.2 Å². The highest BCUT2D eigenvalue weighted by Crippen LogP contribution is 2.39. The number of aliphatic hydroxyl groups excluding tert-OH is 1. The zero-order valence-corrected chi connectivity index (χ0v) is 13.4. The minimum atomic E-state index is -0.277. The van der Waals surface area contributed by atoms with Gasteiger partial charge in [0.2, 0.25) is 5.91 Å². The van der Waals surface area contributed by atoms with Crippen molar-refractivity contribution in [3.8, 4) is 11.8 Å². The van der Waals surface area contributed by atoms with E-state index >= 15 is 0 Å². The van der Waals surface area contributed by atoms with E-state index in [1.54, 1.807) is 16.7 Å². The minimum Gasteiger partial charge on any atom is -0.384 e. The maximum atomic E-state index is 12.6. The van der Waals surface area contributed by atoms with Crippen LogP contribution in [0.4, 0.5) is 0 Å². The summed E-state index contributed by atoms with van der Waals surface area (Å²) in [7, 11) is 1.85. The maximum Gasteiger partial charge on any atom is 0.238 e. The predicted octanol–water partition coefficient (Wildman–Crippen LogP) is 2.27. The highest BCUT2D eigenvalue weighted by molar-refractivity contribution is 8.01. The van der Waals surface area contributed by atoms with Crippen molar-refractivity contribution < 1.29 is 9.90 Å². The van der Waals surface area contributed by atoms with Gasteiger partial charge in [-0.15, -0.1) is 11.8 Å². The third kappa shape index (κ3) is 3.81. The van der Waals surface area contributed by atoms with Gasteiger partial charge >= 0.3 is 0 Å². The molecular formula is C17H21NO2S. The van der Waals surface area contributed by atoms with E-state index in [-0.39, 0.29) is 17.3 Å². The second kappa shape index (κ2) is 7.02. The highest BCUT2D eigenvalue weighted by Gasteiger charge is 2.39. The van der Waals surface area contributed by atoms with E-state index in [0.717, 1.165) is 29.7 Å². The number of hydrogen-bond donors (Lipinski definition) is 1. The van der Waals surface area contributed by atoms with E-state index in [1.165, 1.54) is 0 Å². The van der Waals surface area contributed by atoms with Crippen LogP contribution < -0.4 is 0 Å². The molecule has 0 aromatic heterocycles. The van der Waals surface area contributed by atoms with Crippen LogP contribution in [-0.4, -0.2) is 40.1 Å². The highest BCUT2D eigenvalue weighted by atomic mass is 32.2. The van der Waals surface area contributed by atoms with E-state index in [9.17, 15) is 4.79 Å². The van der Waals surface area contributed by atoms with Gasteiger partial charge in [0.1, 0.15) is 6.61 Å². The van der Waals surface area contributed by atoms with Crippen LogP contribution in [-0.2, 0) is 11.3 Å². The summed E-state index contributed by atoms with van der Waals surface area (Å²) in [6.45, 7) is 2.43. The summed E-state index contributed by atoms with van der Waals surface area (Å²) in [5.74, 6) is 6.86. The lowest BCUT2D eigenvalue weighted by Crippen LogP contribution is -2.41. The molecule has 2 rings (SSSR count). The number of hydrogen-bond acceptors (Lipinski definition) is 3. The molecule has 1 amide bonds. The number of rotatable bonds is 3. The van der Waals surface area contributed by atoms with Gasteiger partial charge in [0, 0.05) is 19.2 Å². The monoisotopic (exact) mass is 303 g/mol. The Hall–Kier alpha value is -1.44. The van der Waals surface area contributed by atoms with Gasteiger partial charge in [0.05, 0.1) is 4.75 Å². The fourth-order valence-electron chi connectivity index (χ4n) is 2.59. The molecule has 0 aliphatic carbocycles. The first-order valence-electron chi connectivity index (χ1n) is 7.14. The molecule has 21 heavy (non-hydrogen) atoms. The standard InChI is InChI=1S/C17H21NO2S/c1-17(10-6-12-21-17)16(20)18(2)13-15-8-4-3-7-14(15)9-5-11-19/h3-4,7-8,19H,6,10-13H2,1-2H3. The Morgan fingerprint density at radius 2 is 2.24 bits per heavy atom. The smallest absolute Gasteiger partial charge is 0.238 e. The van der Waals surface area contributed by atoms with Crippen LogP contribution in [0.15, 0.2) is 24.3 Å². The SMILES string of the molecule is CN(Cc1ccccc1C#CCO)C(=O)C1(C)CCCS1. The molecule has 0 bridgehead atoms. The van der Waals surface area contributed by atoms with Crippen LogP contribution in [0, 0.1) is 11.8 Å². The number of carbonyl (C=O) groups excluding carboxylic acids is 1. The Labute approximate surface area is 130 Å². The lowest BCUT2D eigenvalue weighted by atomic mass is 10.0. The Morgan fingerprint density at radius 1 is 1.48 bits per heavy atom. The molecule has 1 aliphatic heterocycles. The molecule has 3 nitrogen and oxygen atoms in total. The van der Waals surface area contributed by atoms with Gasteiger partial charge in [-0.3, -0.25) is 4.79 Å². The zero-order valence-electron chi connectivity index (χ0n) is 12.6. The van der Waals surface area contributed by atoms with Gasteiger partial charge in [-0.25, -0.2) is 0 Å². The van der Waals surface area contributed by atoms with Crippen LogP contribution in [0.3, 0.4) is 0 Å². The molecule has 0 spiro atoms. The largest absolute Gasteiger partial charge is 0.384 e. The quantitative estimate of drug-likeness (QED) is 0.871. The summed E-state index contributed by atoms with van der Waals surface area (Å²) in [5, 5.41) is 8.83. The van der Waals surface area contributed by atoms with Crippen molar-refractivity contribution >= 4 is 17.7 Å². The Morgan fingerprint density at radius 3 is 2.90 bits per heavy atom. The predicted molar refractivity (Wildman–Crippen MR) is 87.0 cm³/mol. The van der Waals surface area contributed by atoms with Crippen molar-refractivity contribution in [1.82, 2.24) is 4.90 Å². The van der Waals surface area contributed by atoms with Crippen molar-refractivity contribution in [3.05, 3.63) is 35.4 Å². The lowest BCUT2D eigenvalue weighted by molar-refractivity contribution is -0.132. The van der Waals surface area contributed by atoms with E-state index in [0.29, 0.717) is 6.54 Å². The molecule has 1 fully saturated rings. The average molecular weight is 303 g/mol. The van der Waals surface area contributed by atoms with E-state index < -0.39 is 0 Å². The summed E-state index contributed by atoms with van der Waals surface area (Å²) in [6, 6.07) is 7.77. The lowest BCUT2D eigenvalue weighted by Gasteiger charge is -2.28. The summed E-state index contributed by atoms with van der Waals surface area (Å²) in [4.78, 5) is 14.4. The number of nitrogens with zero attached hydrogens (tertiary/aromatic N) is 1. The maximum absolute atomic E-state index is 12.6. The number of aliphatic hydroxyl groups is 1. The first kappa shape index (κ1) is 15.9. The number of carbonyl (C=O) groups is 1. The fourth-order valence-corrected chi connectivity index (χ4v) is 3.90. The fraction of sp³-hybridized carbons (Fsp3) is 0.471. The molecule has 0 saturated carbocycles. The van der Waals surface area contributed by atoms with Crippen LogP contribution in [0.1, 0.15) is 30.9 Å². The third-order valence-electron chi connectivity index (χ3n) is 3.74. The normalized spacial score (nSPS) is 20.7. The van der Waals surface area contributed by atoms with Gasteiger partial charge < -0.3 is 10.0 Å². The Kier molecular flexibility index (Phi) is 5.33. The summed E-state index contributed by atoms with van der Waals surface area (Å²) >= 11 is 1.76. The zero-order chi connectivity index (χ0) is 15.3. The van der Waals surface area contributed by atoms with Crippen molar-refractivity contribution in [2.24, 2.45) is 0 Å². The first-order chi connectivity index (χ1) is 10.1. The van der Waals surface area contributed by atoms with E-state index in [4.69, 9.17) is 5.11 Å². The van der Waals surface area contributed by atoms with Gasteiger partial charge in [0.25, 0.3) is 0 Å². The molecule has 4 heteroatoms. The van der Waals surface area contributed by atoms with Crippen molar-refractivity contribution in [3.63, 3.8) is 0 Å². The van der Waals surface area contributed by atoms with Crippen molar-refractivity contribution in [2.45, 2.75) is 31.1 Å². The molecule has 1 saturated heterocycles. The van der Waals surface area contributed by atoms with Gasteiger partial charge in [0.15, 0.2) is 0 Å². The van der Waals surface area contributed by atoms with Crippen LogP contribution in [0.2, 0.25) is 0 Å². The summed E-state index contributed by atoms with van der Waals surface area (Å²) < 4.78 is -0.277. The van der Waals surface area contributed by atoms with Gasteiger partial charge in [-0.1, -0.05) is 30.0 Å². The van der Waals surface area contributed by atoms with Crippen molar-refractivity contribution in [1.29, 1.82) is 0 Å². The number of thioether (sulfide) groups is 1. The molecule has 1 unspecified atom stereocenters. The first-order valence-corrected chi connectivity index (χ1v) is 8.12. The second-order valence-electron chi connectivity index (χ2n) is 5.46. The molecule has 1 aliphatic rings. The molecule has 0 radical (unpaired) electrons. The second-order valence-corrected chi connectivity index (χ2v) is 7.06. The van der Waals surface area contributed by atoms with Crippen LogP contribution in [0.25, 0.3) is 0 Å². The minimum absolute atomic E-state index is 0.155. The van der Waals surface area contributed by atoms with Gasteiger partial charge in [-0.2, -0.15) is 0 Å². The summed E-state index contributed by atoms with van der Waals surface area (Å²) in [6.07, 6.45) is 2.06. The molecule has 1 aromatic rings. The number of amides is 1. The Balaban J connectivity index is 2.12. The van der Waals surface area contributed by atoms with Crippen LogP contribution >= 0.6 is 11.8 Å². The summed E-state index contributed by atoms with van der Waals surface area (Å²) in [5.41, 5.74) is 1.89. The molecular weight excluding hydrogens is 282 g/mol. The number of benzene rings is 1. The topological polar surface area (TPSA) is 40.5 Å². The molecule has 1 N–H and O–H groups in total. The molecule has 112 valence electrons. The molecule has 1 atom stereocenters. The van der Waals surface area contributed by atoms with Crippen LogP contribution in [0.5, 0.6) is 0 Å². The third-order valence-corrected chi connectivity index (χ3v) is 5.25.